The molecule has 2 aromatic carbocycles. The SMILES string of the molecule is CCCc1cc(CC)cc(C(Nc2ccc(C(=N)N)cc2)C(=O)O)c1OCCOC. The van der Waals surface area contributed by atoms with Crippen molar-refractivity contribution < 1.29 is 19.4 Å². The van der Waals surface area contributed by atoms with Gasteiger partial charge in [0.2, 0.25) is 0 Å². The smallest absolute Gasteiger partial charge is 0.330 e. The zero-order chi connectivity index (χ0) is 22.1. The van der Waals surface area contributed by atoms with Gasteiger partial charge in [-0.25, -0.2) is 4.79 Å². The van der Waals surface area contributed by atoms with Crippen LogP contribution in [0.1, 0.15) is 48.6 Å². The summed E-state index contributed by atoms with van der Waals surface area (Å²) in [6.45, 7) is 4.88. The monoisotopic (exact) mass is 413 g/mol. The number of benzene rings is 2. The molecule has 5 N–H and O–H groups in total. The number of nitrogens with one attached hydrogen (secondary N) is 2. The molecule has 1 unspecified atom stereocenters. The maximum Gasteiger partial charge on any atom is 0.330 e. The van der Waals surface area contributed by atoms with Gasteiger partial charge in [0.1, 0.15) is 18.2 Å². The second kappa shape index (κ2) is 11.2. The summed E-state index contributed by atoms with van der Waals surface area (Å²) in [5, 5.41) is 20.6. The summed E-state index contributed by atoms with van der Waals surface area (Å²) in [5.74, 6) is -0.436. The van der Waals surface area contributed by atoms with Crippen LogP contribution in [-0.4, -0.2) is 37.2 Å². The lowest BCUT2D eigenvalue weighted by molar-refractivity contribution is -0.138. The molecule has 2 rings (SSSR count). The van der Waals surface area contributed by atoms with Crippen molar-refractivity contribution >= 4 is 17.5 Å². The molecule has 2 aromatic rings. The number of nitrogen functional groups attached to an aromatic ring is 1. The van der Waals surface area contributed by atoms with Gasteiger partial charge in [0, 0.05) is 23.9 Å². The number of hydrogen-bond acceptors (Lipinski definition) is 5. The molecule has 0 aliphatic rings. The fourth-order valence-electron chi connectivity index (χ4n) is 3.24. The number of ether oxygens (including phenoxy) is 2. The fourth-order valence-corrected chi connectivity index (χ4v) is 3.24. The Labute approximate surface area is 177 Å². The fraction of sp³-hybridized carbons (Fsp3) is 0.391. The summed E-state index contributed by atoms with van der Waals surface area (Å²) in [5.41, 5.74) is 9.36. The van der Waals surface area contributed by atoms with E-state index in [1.165, 1.54) is 0 Å². The van der Waals surface area contributed by atoms with Gasteiger partial charge in [-0.3, -0.25) is 5.41 Å². The number of hydrogen-bond donors (Lipinski definition) is 4. The first kappa shape index (κ1) is 23.2. The molecular weight excluding hydrogens is 382 g/mol. The van der Waals surface area contributed by atoms with E-state index in [1.807, 2.05) is 13.0 Å². The van der Waals surface area contributed by atoms with E-state index >= 15 is 0 Å². The van der Waals surface area contributed by atoms with Crippen molar-refractivity contribution in [3.8, 4) is 5.75 Å². The number of amidine groups is 1. The molecule has 0 aliphatic heterocycles. The predicted molar refractivity (Wildman–Crippen MR) is 119 cm³/mol. The predicted octanol–water partition coefficient (Wildman–Crippen LogP) is 3.75. The molecule has 1 atom stereocenters. The van der Waals surface area contributed by atoms with Crippen molar-refractivity contribution in [2.45, 2.75) is 39.2 Å². The molecule has 0 saturated heterocycles. The molecule has 0 heterocycles. The highest BCUT2D eigenvalue weighted by molar-refractivity contribution is 5.95. The number of rotatable bonds is 12. The largest absolute Gasteiger partial charge is 0.491 e. The highest BCUT2D eigenvalue weighted by atomic mass is 16.5. The summed E-state index contributed by atoms with van der Waals surface area (Å²) in [7, 11) is 1.60. The molecule has 0 aromatic heterocycles. The molecule has 0 radical (unpaired) electrons. The molecule has 7 heteroatoms. The maximum atomic E-state index is 12.2. The van der Waals surface area contributed by atoms with Gasteiger partial charge in [-0.2, -0.15) is 0 Å². The summed E-state index contributed by atoms with van der Waals surface area (Å²) in [6, 6.07) is 9.80. The minimum atomic E-state index is -1.00. The molecule has 0 amide bonds. The third kappa shape index (κ3) is 5.97. The quantitative estimate of drug-likeness (QED) is 0.239. The van der Waals surface area contributed by atoms with Crippen LogP contribution < -0.4 is 15.8 Å². The first-order valence-corrected chi connectivity index (χ1v) is 10.1. The molecule has 7 nitrogen and oxygen atoms in total. The Balaban J connectivity index is 2.48. The van der Waals surface area contributed by atoms with Crippen LogP contribution in [0.25, 0.3) is 0 Å². The van der Waals surface area contributed by atoms with Gasteiger partial charge in [-0.05, 0) is 54.3 Å². The van der Waals surface area contributed by atoms with Gasteiger partial charge < -0.3 is 25.6 Å². The summed E-state index contributed by atoms with van der Waals surface area (Å²) in [6.07, 6.45) is 2.51. The minimum Gasteiger partial charge on any atom is -0.491 e. The minimum absolute atomic E-state index is 0.0370. The van der Waals surface area contributed by atoms with Crippen molar-refractivity contribution in [2.24, 2.45) is 5.73 Å². The van der Waals surface area contributed by atoms with Crippen LogP contribution in [0.15, 0.2) is 36.4 Å². The van der Waals surface area contributed by atoms with E-state index in [1.54, 1.807) is 31.4 Å². The Morgan fingerprint density at radius 2 is 1.90 bits per heavy atom. The lowest BCUT2D eigenvalue weighted by Crippen LogP contribution is -2.23. The van der Waals surface area contributed by atoms with Gasteiger partial charge in [0.15, 0.2) is 6.04 Å². The van der Waals surface area contributed by atoms with Crippen molar-refractivity contribution in [2.75, 3.05) is 25.6 Å². The normalized spacial score (nSPS) is 11.7. The van der Waals surface area contributed by atoms with E-state index < -0.39 is 12.0 Å². The number of carbonyl (C=O) groups is 1. The molecule has 0 bridgehead atoms. The van der Waals surface area contributed by atoms with Gasteiger partial charge >= 0.3 is 5.97 Å². The van der Waals surface area contributed by atoms with Crippen LogP contribution in [0.5, 0.6) is 5.75 Å². The van der Waals surface area contributed by atoms with E-state index in [9.17, 15) is 9.90 Å². The average Bonchev–Trinajstić information content (AvgIpc) is 2.73. The van der Waals surface area contributed by atoms with E-state index in [0.717, 1.165) is 30.4 Å². The Hall–Kier alpha value is -3.06. The Morgan fingerprint density at radius 3 is 2.43 bits per heavy atom. The third-order valence-corrected chi connectivity index (χ3v) is 4.78. The van der Waals surface area contributed by atoms with Gasteiger partial charge in [-0.1, -0.05) is 26.3 Å². The van der Waals surface area contributed by atoms with E-state index in [0.29, 0.717) is 35.8 Å². The highest BCUT2D eigenvalue weighted by Gasteiger charge is 2.26. The van der Waals surface area contributed by atoms with Crippen LogP contribution in [0, 0.1) is 5.41 Å². The van der Waals surface area contributed by atoms with Gasteiger partial charge in [-0.15, -0.1) is 0 Å². The lowest BCUT2D eigenvalue weighted by atomic mass is 9.95. The first-order chi connectivity index (χ1) is 14.4. The van der Waals surface area contributed by atoms with Gasteiger partial charge in [0.25, 0.3) is 0 Å². The second-order valence-corrected chi connectivity index (χ2v) is 7.02. The topological polar surface area (TPSA) is 118 Å². The third-order valence-electron chi connectivity index (χ3n) is 4.78. The zero-order valence-electron chi connectivity index (χ0n) is 17.8. The van der Waals surface area contributed by atoms with Crippen LogP contribution in [0.3, 0.4) is 0 Å². The highest BCUT2D eigenvalue weighted by Crippen LogP contribution is 2.34. The van der Waals surface area contributed by atoms with Crippen molar-refractivity contribution in [3.05, 3.63) is 58.7 Å². The van der Waals surface area contributed by atoms with Crippen molar-refractivity contribution in [3.63, 3.8) is 0 Å². The average molecular weight is 414 g/mol. The zero-order valence-corrected chi connectivity index (χ0v) is 17.8. The van der Waals surface area contributed by atoms with E-state index in [2.05, 4.69) is 18.3 Å². The Morgan fingerprint density at radius 1 is 1.20 bits per heavy atom. The number of methoxy groups -OCH3 is 1. The van der Waals surface area contributed by atoms with E-state index in [4.69, 9.17) is 20.6 Å². The molecule has 0 aliphatic carbocycles. The standard InChI is InChI=1S/C23H31N3O4/c1-4-6-17-13-15(5-2)14-19(21(17)30-12-11-29-3)20(23(27)28)26-18-9-7-16(8-10-18)22(24)25/h7-10,13-14,20,26H,4-6,11-12H2,1-3H3,(H3,24,25)(H,27,28). The molecule has 0 fully saturated rings. The van der Waals surface area contributed by atoms with Crippen molar-refractivity contribution in [1.29, 1.82) is 5.41 Å². The number of carboxylic acid groups (broad SMARTS) is 1. The Bertz CT molecular complexity index is 865. The summed E-state index contributed by atoms with van der Waals surface area (Å²) < 4.78 is 11.1. The second-order valence-electron chi connectivity index (χ2n) is 7.02. The first-order valence-electron chi connectivity index (χ1n) is 10.1. The summed E-state index contributed by atoms with van der Waals surface area (Å²) in [4.78, 5) is 12.2. The van der Waals surface area contributed by atoms with Crippen LogP contribution in [0.2, 0.25) is 0 Å². The van der Waals surface area contributed by atoms with Crippen molar-refractivity contribution in [1.82, 2.24) is 0 Å². The molecule has 30 heavy (non-hydrogen) atoms. The van der Waals surface area contributed by atoms with E-state index in [-0.39, 0.29) is 5.84 Å². The lowest BCUT2D eigenvalue weighted by Gasteiger charge is -2.23. The molecule has 162 valence electrons. The number of anilines is 1. The number of aliphatic carboxylic acids is 1. The maximum absolute atomic E-state index is 12.2. The summed E-state index contributed by atoms with van der Waals surface area (Å²) >= 11 is 0. The molecule has 0 spiro atoms. The van der Waals surface area contributed by atoms with Gasteiger partial charge in [0.05, 0.1) is 6.61 Å². The van der Waals surface area contributed by atoms with Crippen LogP contribution >= 0.6 is 0 Å². The molecular formula is C23H31N3O4. The number of aryl methyl sites for hydroxylation is 2. The van der Waals surface area contributed by atoms with Crippen LogP contribution in [-0.2, 0) is 22.4 Å². The number of carboxylic acids is 1. The number of nitrogens with two attached hydrogens (primary N) is 1. The molecule has 0 saturated carbocycles. The van der Waals surface area contributed by atoms with Crippen LogP contribution in [0.4, 0.5) is 5.69 Å². The Kier molecular flexibility index (Phi) is 8.68.